The molecule has 1 aliphatic rings. The fourth-order valence-corrected chi connectivity index (χ4v) is 3.36. The molecule has 118 valence electrons. The van der Waals surface area contributed by atoms with Gasteiger partial charge in [-0.15, -0.1) is 0 Å². The van der Waals surface area contributed by atoms with Crippen LogP contribution in [0, 0.1) is 13.8 Å². The van der Waals surface area contributed by atoms with E-state index in [1.54, 1.807) is 0 Å². The molecule has 1 unspecified atom stereocenters. The summed E-state index contributed by atoms with van der Waals surface area (Å²) in [6, 6.07) is 8.69. The maximum Gasteiger partial charge on any atom is 0.222 e. The van der Waals surface area contributed by atoms with Gasteiger partial charge in [0.1, 0.15) is 5.82 Å². The standard InChI is InChI=1S/C17H20N6/c1-11-12(2)20-17(18)21-16(11)22-8-7-14(10-22)23-15-6-4-3-5-13(15)9-19-23/h3-6,9,14H,7-8,10H2,1-2H3,(H2,18,20,21). The number of benzene rings is 1. The SMILES string of the molecule is Cc1nc(N)nc(N2CCC(n3ncc4ccccc43)C2)c1C. The maximum atomic E-state index is 5.83. The summed E-state index contributed by atoms with van der Waals surface area (Å²) in [4.78, 5) is 11.0. The largest absolute Gasteiger partial charge is 0.368 e. The Morgan fingerprint density at radius 3 is 2.87 bits per heavy atom. The number of fused-ring (bicyclic) bond motifs is 1. The maximum absolute atomic E-state index is 5.83. The second-order valence-corrected chi connectivity index (χ2v) is 6.15. The van der Waals surface area contributed by atoms with Gasteiger partial charge in [-0.05, 0) is 26.3 Å². The summed E-state index contributed by atoms with van der Waals surface area (Å²) in [5.74, 6) is 1.30. The zero-order valence-corrected chi connectivity index (χ0v) is 13.4. The third kappa shape index (κ3) is 2.30. The highest BCUT2D eigenvalue weighted by molar-refractivity contribution is 5.78. The van der Waals surface area contributed by atoms with Crippen LogP contribution in [-0.4, -0.2) is 32.8 Å². The molecule has 4 rings (SSSR count). The Labute approximate surface area is 135 Å². The molecular formula is C17H20N6. The number of hydrogen-bond acceptors (Lipinski definition) is 5. The van der Waals surface area contributed by atoms with Crippen molar-refractivity contribution in [3.8, 4) is 0 Å². The summed E-state index contributed by atoms with van der Waals surface area (Å²) in [5.41, 5.74) is 9.07. The van der Waals surface area contributed by atoms with Crippen molar-refractivity contribution in [3.05, 3.63) is 41.7 Å². The van der Waals surface area contributed by atoms with E-state index in [9.17, 15) is 0 Å². The molecule has 0 saturated carbocycles. The number of nitrogens with two attached hydrogens (primary N) is 1. The minimum atomic E-state index is 0.344. The minimum Gasteiger partial charge on any atom is -0.368 e. The number of para-hydroxylation sites is 1. The van der Waals surface area contributed by atoms with E-state index < -0.39 is 0 Å². The van der Waals surface area contributed by atoms with Gasteiger partial charge in [-0.2, -0.15) is 10.1 Å². The summed E-state index contributed by atoms with van der Waals surface area (Å²) in [6.45, 7) is 5.88. The van der Waals surface area contributed by atoms with Crippen LogP contribution in [-0.2, 0) is 0 Å². The molecule has 23 heavy (non-hydrogen) atoms. The van der Waals surface area contributed by atoms with Crippen molar-refractivity contribution in [1.82, 2.24) is 19.7 Å². The lowest BCUT2D eigenvalue weighted by atomic mass is 10.2. The lowest BCUT2D eigenvalue weighted by Gasteiger charge is -2.21. The van der Waals surface area contributed by atoms with Gasteiger partial charge in [0.2, 0.25) is 5.95 Å². The number of hydrogen-bond donors (Lipinski definition) is 1. The third-order valence-corrected chi connectivity index (χ3v) is 4.69. The second kappa shape index (κ2) is 5.22. The van der Waals surface area contributed by atoms with Crippen LogP contribution in [0.5, 0.6) is 0 Å². The minimum absolute atomic E-state index is 0.344. The van der Waals surface area contributed by atoms with Crippen LogP contribution in [0.25, 0.3) is 10.9 Å². The number of aromatic nitrogens is 4. The van der Waals surface area contributed by atoms with E-state index >= 15 is 0 Å². The smallest absolute Gasteiger partial charge is 0.222 e. The lowest BCUT2D eigenvalue weighted by Crippen LogP contribution is -2.24. The Morgan fingerprint density at radius 1 is 1.17 bits per heavy atom. The number of nitrogen functional groups attached to an aromatic ring is 1. The van der Waals surface area contributed by atoms with Gasteiger partial charge in [-0.3, -0.25) is 4.68 Å². The Kier molecular flexibility index (Phi) is 3.18. The quantitative estimate of drug-likeness (QED) is 0.787. The predicted molar refractivity (Wildman–Crippen MR) is 91.5 cm³/mol. The molecule has 3 heterocycles. The zero-order chi connectivity index (χ0) is 16.0. The summed E-state index contributed by atoms with van der Waals surface area (Å²) < 4.78 is 2.14. The molecule has 3 aromatic rings. The Balaban J connectivity index is 1.65. The van der Waals surface area contributed by atoms with E-state index in [0.29, 0.717) is 12.0 Å². The lowest BCUT2D eigenvalue weighted by molar-refractivity contribution is 0.510. The van der Waals surface area contributed by atoms with Crippen molar-refractivity contribution >= 4 is 22.7 Å². The van der Waals surface area contributed by atoms with Crippen LogP contribution in [0.3, 0.4) is 0 Å². The number of rotatable bonds is 2. The first-order valence-electron chi connectivity index (χ1n) is 7.91. The number of anilines is 2. The van der Waals surface area contributed by atoms with E-state index in [1.807, 2.05) is 19.2 Å². The highest BCUT2D eigenvalue weighted by atomic mass is 15.3. The van der Waals surface area contributed by atoms with Gasteiger partial charge in [-0.1, -0.05) is 18.2 Å². The monoisotopic (exact) mass is 308 g/mol. The van der Waals surface area contributed by atoms with Crippen molar-refractivity contribution in [2.24, 2.45) is 0 Å². The first-order valence-corrected chi connectivity index (χ1v) is 7.91. The van der Waals surface area contributed by atoms with Gasteiger partial charge >= 0.3 is 0 Å². The normalized spacial score (nSPS) is 18.0. The van der Waals surface area contributed by atoms with Crippen LogP contribution in [0.15, 0.2) is 30.5 Å². The Hall–Kier alpha value is -2.63. The molecule has 2 N–H and O–H groups in total. The molecule has 0 spiro atoms. The predicted octanol–water partition coefficient (Wildman–Crippen LogP) is 2.48. The third-order valence-electron chi connectivity index (χ3n) is 4.69. The molecule has 1 aromatic carbocycles. The van der Waals surface area contributed by atoms with Crippen molar-refractivity contribution in [3.63, 3.8) is 0 Å². The number of nitrogens with zero attached hydrogens (tertiary/aromatic N) is 5. The summed E-state index contributed by atoms with van der Waals surface area (Å²) >= 11 is 0. The van der Waals surface area contributed by atoms with Gasteiger partial charge in [0.25, 0.3) is 0 Å². The molecule has 1 atom stereocenters. The van der Waals surface area contributed by atoms with E-state index in [-0.39, 0.29) is 0 Å². The van der Waals surface area contributed by atoms with E-state index in [1.165, 1.54) is 10.9 Å². The van der Waals surface area contributed by atoms with Crippen LogP contribution in [0.2, 0.25) is 0 Å². The first-order chi connectivity index (χ1) is 11.1. The average Bonchev–Trinajstić information content (AvgIpc) is 3.17. The topological polar surface area (TPSA) is 72.9 Å². The Bertz CT molecular complexity index is 869. The Morgan fingerprint density at radius 2 is 2.00 bits per heavy atom. The molecule has 6 nitrogen and oxygen atoms in total. The molecule has 0 bridgehead atoms. The molecule has 1 fully saturated rings. The fraction of sp³-hybridized carbons (Fsp3) is 0.353. The first kappa shape index (κ1) is 14.0. The van der Waals surface area contributed by atoms with Crippen LogP contribution in [0.4, 0.5) is 11.8 Å². The fourth-order valence-electron chi connectivity index (χ4n) is 3.36. The molecule has 0 radical (unpaired) electrons. The average molecular weight is 308 g/mol. The van der Waals surface area contributed by atoms with Gasteiger partial charge in [0, 0.05) is 29.7 Å². The molecule has 1 saturated heterocycles. The van der Waals surface area contributed by atoms with Crippen LogP contribution in [0.1, 0.15) is 23.7 Å². The molecule has 0 amide bonds. The highest BCUT2D eigenvalue weighted by Crippen LogP contribution is 2.30. The van der Waals surface area contributed by atoms with E-state index in [2.05, 4.69) is 49.8 Å². The van der Waals surface area contributed by atoms with Crippen LogP contribution < -0.4 is 10.6 Å². The van der Waals surface area contributed by atoms with E-state index in [4.69, 9.17) is 5.73 Å². The van der Waals surface area contributed by atoms with Gasteiger partial charge in [-0.25, -0.2) is 4.98 Å². The van der Waals surface area contributed by atoms with Crippen LogP contribution >= 0.6 is 0 Å². The van der Waals surface area contributed by atoms with Gasteiger partial charge < -0.3 is 10.6 Å². The van der Waals surface area contributed by atoms with Gasteiger partial charge in [0.15, 0.2) is 0 Å². The van der Waals surface area contributed by atoms with Crippen molar-refractivity contribution in [2.75, 3.05) is 23.7 Å². The van der Waals surface area contributed by atoms with Crippen molar-refractivity contribution < 1.29 is 0 Å². The highest BCUT2D eigenvalue weighted by Gasteiger charge is 2.28. The summed E-state index contributed by atoms with van der Waals surface area (Å²) in [6.07, 6.45) is 2.99. The molecule has 1 aliphatic heterocycles. The van der Waals surface area contributed by atoms with Crippen molar-refractivity contribution in [1.29, 1.82) is 0 Å². The molecular weight excluding hydrogens is 288 g/mol. The van der Waals surface area contributed by atoms with Crippen molar-refractivity contribution in [2.45, 2.75) is 26.3 Å². The zero-order valence-electron chi connectivity index (χ0n) is 13.4. The summed E-state index contributed by atoms with van der Waals surface area (Å²) in [5, 5.41) is 5.78. The molecule has 2 aromatic heterocycles. The van der Waals surface area contributed by atoms with E-state index in [0.717, 1.165) is 36.6 Å². The second-order valence-electron chi connectivity index (χ2n) is 6.15. The number of aryl methyl sites for hydroxylation is 1. The summed E-state index contributed by atoms with van der Waals surface area (Å²) in [7, 11) is 0. The van der Waals surface area contributed by atoms with Gasteiger partial charge in [0.05, 0.1) is 17.8 Å². The molecule has 0 aliphatic carbocycles. The molecule has 6 heteroatoms.